The summed E-state index contributed by atoms with van der Waals surface area (Å²) in [4.78, 5) is 10.4. The van der Waals surface area contributed by atoms with Gasteiger partial charge in [-0.2, -0.15) is 18.3 Å². The molecule has 0 fully saturated rings. The van der Waals surface area contributed by atoms with Gasteiger partial charge in [-0.05, 0) is 6.42 Å². The predicted octanol–water partition coefficient (Wildman–Crippen LogP) is 1.80. The molecule has 0 aliphatic rings. The number of hydrogen-bond acceptors (Lipinski definition) is 2. The first-order chi connectivity index (χ1) is 6.00. The topological polar surface area (TPSA) is 45.8 Å². The van der Waals surface area contributed by atoms with Gasteiger partial charge in [0.2, 0.25) is 0 Å². The van der Waals surface area contributed by atoms with Crippen LogP contribution in [0.3, 0.4) is 0 Å². The summed E-state index contributed by atoms with van der Waals surface area (Å²) >= 11 is 0. The molecule has 0 bridgehead atoms. The van der Waals surface area contributed by atoms with Crippen molar-refractivity contribution in [1.82, 2.24) is 10.2 Å². The van der Waals surface area contributed by atoms with Crippen LogP contribution >= 0.6 is 0 Å². The summed E-state index contributed by atoms with van der Waals surface area (Å²) in [6.45, 7) is 1.64. The van der Waals surface area contributed by atoms with E-state index >= 15 is 0 Å². The van der Waals surface area contributed by atoms with Gasteiger partial charge < -0.3 is 0 Å². The molecule has 72 valence electrons. The lowest BCUT2D eigenvalue weighted by molar-refractivity contribution is -0.141. The summed E-state index contributed by atoms with van der Waals surface area (Å²) < 4.78 is 36.4. The van der Waals surface area contributed by atoms with Gasteiger partial charge in [0, 0.05) is 5.69 Å². The van der Waals surface area contributed by atoms with Gasteiger partial charge in [0.1, 0.15) is 0 Å². The Morgan fingerprint density at radius 3 is 2.54 bits per heavy atom. The van der Waals surface area contributed by atoms with Crippen LogP contribution in [-0.2, 0) is 12.6 Å². The number of halogens is 3. The zero-order chi connectivity index (χ0) is 10.1. The van der Waals surface area contributed by atoms with Crippen molar-refractivity contribution in [3.05, 3.63) is 17.0 Å². The van der Waals surface area contributed by atoms with Crippen molar-refractivity contribution in [2.45, 2.75) is 19.5 Å². The van der Waals surface area contributed by atoms with Gasteiger partial charge in [-0.1, -0.05) is 6.92 Å². The number of aldehydes is 1. The maximum Gasteiger partial charge on any atom is 0.435 e. The fourth-order valence-corrected chi connectivity index (χ4v) is 0.999. The molecule has 0 saturated heterocycles. The smallest absolute Gasteiger partial charge is 0.298 e. The average molecular weight is 192 g/mol. The molecular formula is C7H7F3N2O. The molecule has 13 heavy (non-hydrogen) atoms. The van der Waals surface area contributed by atoms with Crippen molar-refractivity contribution < 1.29 is 18.0 Å². The monoisotopic (exact) mass is 192 g/mol. The van der Waals surface area contributed by atoms with Gasteiger partial charge in [0.25, 0.3) is 0 Å². The summed E-state index contributed by atoms with van der Waals surface area (Å²) in [6, 6.07) is 0. The maximum absolute atomic E-state index is 12.1. The normalized spacial score (nSPS) is 11.7. The van der Waals surface area contributed by atoms with Crippen molar-refractivity contribution in [3.63, 3.8) is 0 Å². The standard InChI is InChI=1S/C7H7F3N2O/c1-2-5-4(3-13)6(12-11-5)7(8,9)10/h3H,2H2,1H3,(H,11,12). The van der Waals surface area contributed by atoms with E-state index in [1.165, 1.54) is 0 Å². The molecule has 0 radical (unpaired) electrons. The van der Waals surface area contributed by atoms with Gasteiger partial charge in [0.15, 0.2) is 12.0 Å². The van der Waals surface area contributed by atoms with E-state index in [2.05, 4.69) is 10.2 Å². The van der Waals surface area contributed by atoms with E-state index in [4.69, 9.17) is 0 Å². The zero-order valence-corrected chi connectivity index (χ0v) is 6.77. The van der Waals surface area contributed by atoms with E-state index in [0.717, 1.165) is 0 Å². The Morgan fingerprint density at radius 2 is 2.15 bits per heavy atom. The number of nitrogens with zero attached hydrogens (tertiary/aromatic N) is 1. The van der Waals surface area contributed by atoms with E-state index in [-0.39, 0.29) is 12.0 Å². The van der Waals surface area contributed by atoms with Gasteiger partial charge in [-0.3, -0.25) is 9.89 Å². The molecule has 1 aromatic rings. The predicted molar refractivity (Wildman–Crippen MR) is 38.4 cm³/mol. The van der Waals surface area contributed by atoms with E-state index in [9.17, 15) is 18.0 Å². The first-order valence-electron chi connectivity index (χ1n) is 3.60. The third-order valence-electron chi connectivity index (χ3n) is 1.62. The summed E-state index contributed by atoms with van der Waals surface area (Å²) in [5, 5.41) is 5.23. The molecule has 0 unspecified atom stereocenters. The molecule has 0 saturated carbocycles. The molecular weight excluding hydrogens is 185 g/mol. The highest BCUT2D eigenvalue weighted by Gasteiger charge is 2.37. The first-order valence-corrected chi connectivity index (χ1v) is 3.60. The molecule has 3 nitrogen and oxygen atoms in total. The van der Waals surface area contributed by atoms with Gasteiger partial charge in [0.05, 0.1) is 5.56 Å². The highest BCUT2D eigenvalue weighted by Crippen LogP contribution is 2.30. The number of aromatic nitrogens is 2. The highest BCUT2D eigenvalue weighted by molar-refractivity contribution is 5.78. The van der Waals surface area contributed by atoms with E-state index in [0.29, 0.717) is 6.42 Å². The maximum atomic E-state index is 12.1. The van der Waals surface area contributed by atoms with Crippen molar-refractivity contribution in [1.29, 1.82) is 0 Å². The first kappa shape index (κ1) is 9.76. The number of carbonyl (C=O) groups excluding carboxylic acids is 1. The van der Waals surface area contributed by atoms with Crippen LogP contribution in [0, 0.1) is 0 Å². The average Bonchev–Trinajstić information content (AvgIpc) is 2.45. The number of hydrogen-bond donors (Lipinski definition) is 1. The van der Waals surface area contributed by atoms with Crippen molar-refractivity contribution >= 4 is 6.29 Å². The molecule has 6 heteroatoms. The second-order valence-electron chi connectivity index (χ2n) is 2.43. The van der Waals surface area contributed by atoms with E-state index in [1.807, 2.05) is 0 Å². The number of aryl methyl sites for hydroxylation is 1. The highest BCUT2D eigenvalue weighted by atomic mass is 19.4. The summed E-state index contributed by atoms with van der Waals surface area (Å²) in [5.41, 5.74) is -1.32. The van der Waals surface area contributed by atoms with Crippen LogP contribution in [0.25, 0.3) is 0 Å². The minimum atomic E-state index is -4.57. The Kier molecular flexibility index (Phi) is 2.40. The van der Waals surface area contributed by atoms with E-state index < -0.39 is 17.4 Å². The zero-order valence-electron chi connectivity index (χ0n) is 6.77. The van der Waals surface area contributed by atoms with Crippen molar-refractivity contribution in [3.8, 4) is 0 Å². The Morgan fingerprint density at radius 1 is 1.54 bits per heavy atom. The van der Waals surface area contributed by atoms with Crippen LogP contribution < -0.4 is 0 Å². The quantitative estimate of drug-likeness (QED) is 0.726. The number of carbonyl (C=O) groups is 1. The minimum Gasteiger partial charge on any atom is -0.298 e. The second-order valence-corrected chi connectivity index (χ2v) is 2.43. The van der Waals surface area contributed by atoms with Gasteiger partial charge in [-0.25, -0.2) is 0 Å². The Labute approximate surface area is 71.9 Å². The Balaban J connectivity index is 3.23. The molecule has 1 aromatic heterocycles. The van der Waals surface area contributed by atoms with Gasteiger partial charge >= 0.3 is 6.18 Å². The van der Waals surface area contributed by atoms with Crippen LogP contribution in [-0.4, -0.2) is 16.5 Å². The SMILES string of the molecule is CCc1[nH]nc(C(F)(F)F)c1C=O. The van der Waals surface area contributed by atoms with Crippen molar-refractivity contribution in [2.75, 3.05) is 0 Å². The second kappa shape index (κ2) is 3.20. The summed E-state index contributed by atoms with van der Waals surface area (Å²) in [5.74, 6) is 0. The summed E-state index contributed by atoms with van der Waals surface area (Å²) in [7, 11) is 0. The van der Waals surface area contributed by atoms with Crippen LogP contribution in [0.5, 0.6) is 0 Å². The molecule has 0 amide bonds. The third-order valence-corrected chi connectivity index (χ3v) is 1.62. The summed E-state index contributed by atoms with van der Waals surface area (Å²) in [6.07, 6.45) is -4.08. The Bertz CT molecular complexity index is 316. The molecule has 1 heterocycles. The molecule has 0 aliphatic heterocycles. The van der Waals surface area contributed by atoms with Crippen LogP contribution in [0.1, 0.15) is 28.7 Å². The third kappa shape index (κ3) is 1.71. The van der Waals surface area contributed by atoms with Gasteiger partial charge in [-0.15, -0.1) is 0 Å². The lowest BCUT2D eigenvalue weighted by atomic mass is 10.1. The number of aromatic amines is 1. The molecule has 0 spiro atoms. The van der Waals surface area contributed by atoms with Crippen LogP contribution in [0.2, 0.25) is 0 Å². The molecule has 1 rings (SSSR count). The lowest BCUT2D eigenvalue weighted by Gasteiger charge is -2.01. The molecule has 0 atom stereocenters. The number of alkyl halides is 3. The minimum absolute atomic E-state index is 0.172. The lowest BCUT2D eigenvalue weighted by Crippen LogP contribution is -2.08. The fraction of sp³-hybridized carbons (Fsp3) is 0.429. The number of nitrogens with one attached hydrogen (secondary N) is 1. The van der Waals surface area contributed by atoms with Crippen LogP contribution in [0.15, 0.2) is 0 Å². The Hall–Kier alpha value is -1.33. The van der Waals surface area contributed by atoms with Crippen molar-refractivity contribution in [2.24, 2.45) is 0 Å². The molecule has 0 aliphatic carbocycles. The number of rotatable bonds is 2. The largest absolute Gasteiger partial charge is 0.435 e. The molecule has 0 aromatic carbocycles. The number of H-pyrrole nitrogens is 1. The van der Waals surface area contributed by atoms with E-state index in [1.54, 1.807) is 6.92 Å². The molecule has 1 N–H and O–H groups in total. The fourth-order valence-electron chi connectivity index (χ4n) is 0.999. The van der Waals surface area contributed by atoms with Crippen LogP contribution in [0.4, 0.5) is 13.2 Å².